The van der Waals surface area contributed by atoms with Crippen molar-refractivity contribution < 1.29 is 9.59 Å². The van der Waals surface area contributed by atoms with Crippen molar-refractivity contribution in [3.05, 3.63) is 30.1 Å². The maximum atomic E-state index is 12.3. The first-order valence-corrected chi connectivity index (χ1v) is 9.16. The second-order valence-corrected chi connectivity index (χ2v) is 6.59. The summed E-state index contributed by atoms with van der Waals surface area (Å²) in [5.41, 5.74) is 0.867. The maximum Gasteiger partial charge on any atom is 0.223 e. The van der Waals surface area contributed by atoms with Gasteiger partial charge in [0.05, 0.1) is 12.2 Å². The van der Waals surface area contributed by atoms with Gasteiger partial charge in [-0.3, -0.25) is 14.6 Å². The third-order valence-electron chi connectivity index (χ3n) is 4.72. The smallest absolute Gasteiger partial charge is 0.223 e. The molecule has 2 amide bonds. The number of carbonyl (C=O) groups excluding carboxylic acids is 2. The van der Waals surface area contributed by atoms with Crippen molar-refractivity contribution in [3.63, 3.8) is 0 Å². The molecule has 0 radical (unpaired) electrons. The highest BCUT2D eigenvalue weighted by Gasteiger charge is 2.29. The van der Waals surface area contributed by atoms with Crippen LogP contribution in [0.15, 0.2) is 24.4 Å². The van der Waals surface area contributed by atoms with Crippen molar-refractivity contribution in [3.8, 4) is 0 Å². The molecule has 1 aromatic rings. The molecule has 0 atom stereocenters. The summed E-state index contributed by atoms with van der Waals surface area (Å²) in [7, 11) is 0. The van der Waals surface area contributed by atoms with E-state index < -0.39 is 0 Å². The summed E-state index contributed by atoms with van der Waals surface area (Å²) in [5, 5.41) is 5.99. The standard InChI is InChI=1S/C19H29N3O2/c1-2-3-5-13-21-18(23)15-8-10-16(11-9-15)19(24)22-14-17-7-4-6-12-20-17/h4,6-7,12,15-16H,2-3,5,8-11,13-14H2,1H3,(H,21,23)(H,22,24). The third kappa shape index (κ3) is 5.95. The van der Waals surface area contributed by atoms with E-state index >= 15 is 0 Å². The molecule has 5 nitrogen and oxygen atoms in total. The van der Waals surface area contributed by atoms with Gasteiger partial charge >= 0.3 is 0 Å². The van der Waals surface area contributed by atoms with Gasteiger partial charge in [0.1, 0.15) is 0 Å². The van der Waals surface area contributed by atoms with Crippen LogP contribution >= 0.6 is 0 Å². The maximum absolute atomic E-state index is 12.3. The Morgan fingerprint density at radius 2 is 1.71 bits per heavy atom. The molecule has 132 valence electrons. The van der Waals surface area contributed by atoms with Gasteiger partial charge in [0.25, 0.3) is 0 Å². The van der Waals surface area contributed by atoms with Gasteiger partial charge < -0.3 is 10.6 Å². The highest BCUT2D eigenvalue weighted by molar-refractivity contribution is 5.81. The topological polar surface area (TPSA) is 71.1 Å². The molecule has 2 rings (SSSR count). The quantitative estimate of drug-likeness (QED) is 0.720. The Balaban J connectivity index is 1.66. The Bertz CT molecular complexity index is 511. The first-order valence-electron chi connectivity index (χ1n) is 9.16. The summed E-state index contributed by atoms with van der Waals surface area (Å²) >= 11 is 0. The summed E-state index contributed by atoms with van der Waals surface area (Å²) in [4.78, 5) is 28.6. The Hall–Kier alpha value is -1.91. The Morgan fingerprint density at radius 3 is 2.29 bits per heavy atom. The highest BCUT2D eigenvalue weighted by atomic mass is 16.2. The molecule has 0 aromatic carbocycles. The van der Waals surface area contributed by atoms with E-state index in [-0.39, 0.29) is 23.7 Å². The molecule has 1 heterocycles. The molecular weight excluding hydrogens is 302 g/mol. The van der Waals surface area contributed by atoms with Crippen molar-refractivity contribution >= 4 is 11.8 Å². The third-order valence-corrected chi connectivity index (χ3v) is 4.72. The number of pyridine rings is 1. The zero-order valence-electron chi connectivity index (χ0n) is 14.6. The van der Waals surface area contributed by atoms with Gasteiger partial charge in [-0.2, -0.15) is 0 Å². The fraction of sp³-hybridized carbons (Fsp3) is 0.632. The lowest BCUT2D eigenvalue weighted by molar-refractivity contribution is -0.130. The van der Waals surface area contributed by atoms with Gasteiger partial charge in [-0.15, -0.1) is 0 Å². The van der Waals surface area contributed by atoms with Gasteiger partial charge in [0.15, 0.2) is 0 Å². The monoisotopic (exact) mass is 331 g/mol. The Kier molecular flexibility index (Phi) is 7.72. The first-order chi connectivity index (χ1) is 11.7. The number of carbonyl (C=O) groups is 2. The molecule has 1 aliphatic carbocycles. The molecule has 1 saturated carbocycles. The fourth-order valence-corrected chi connectivity index (χ4v) is 3.17. The van der Waals surface area contributed by atoms with Crippen LogP contribution in [0.5, 0.6) is 0 Å². The highest BCUT2D eigenvalue weighted by Crippen LogP contribution is 2.29. The zero-order valence-corrected chi connectivity index (χ0v) is 14.6. The average Bonchev–Trinajstić information content (AvgIpc) is 2.64. The lowest BCUT2D eigenvalue weighted by Gasteiger charge is -2.27. The average molecular weight is 331 g/mol. The number of hydrogen-bond donors (Lipinski definition) is 2. The van der Waals surface area contributed by atoms with Gasteiger partial charge in [0, 0.05) is 24.6 Å². The molecule has 1 fully saturated rings. The minimum absolute atomic E-state index is 0.0258. The molecule has 1 aliphatic rings. The van der Waals surface area contributed by atoms with Crippen molar-refractivity contribution in [1.82, 2.24) is 15.6 Å². The van der Waals surface area contributed by atoms with Crippen LogP contribution in [0.2, 0.25) is 0 Å². The van der Waals surface area contributed by atoms with Crippen LogP contribution in [0.25, 0.3) is 0 Å². The van der Waals surface area contributed by atoms with Gasteiger partial charge in [-0.25, -0.2) is 0 Å². The second kappa shape index (κ2) is 10.1. The van der Waals surface area contributed by atoms with Crippen LogP contribution in [0.4, 0.5) is 0 Å². The zero-order chi connectivity index (χ0) is 17.2. The Morgan fingerprint density at radius 1 is 1.04 bits per heavy atom. The first kappa shape index (κ1) is 18.4. The number of aromatic nitrogens is 1. The molecule has 5 heteroatoms. The van der Waals surface area contributed by atoms with E-state index in [0.29, 0.717) is 6.54 Å². The van der Waals surface area contributed by atoms with Crippen LogP contribution in [-0.2, 0) is 16.1 Å². The number of hydrogen-bond acceptors (Lipinski definition) is 3. The minimum Gasteiger partial charge on any atom is -0.356 e. The molecule has 2 N–H and O–H groups in total. The number of rotatable bonds is 8. The van der Waals surface area contributed by atoms with Gasteiger partial charge in [0.2, 0.25) is 11.8 Å². The lowest BCUT2D eigenvalue weighted by atomic mass is 9.81. The van der Waals surface area contributed by atoms with E-state index in [1.807, 2.05) is 18.2 Å². The van der Waals surface area contributed by atoms with E-state index in [9.17, 15) is 9.59 Å². The van der Waals surface area contributed by atoms with Crippen LogP contribution in [0, 0.1) is 11.8 Å². The van der Waals surface area contributed by atoms with Crippen LogP contribution in [0.3, 0.4) is 0 Å². The van der Waals surface area contributed by atoms with E-state index in [2.05, 4.69) is 22.5 Å². The van der Waals surface area contributed by atoms with Crippen LogP contribution in [0.1, 0.15) is 57.6 Å². The largest absolute Gasteiger partial charge is 0.356 e. The molecule has 1 aromatic heterocycles. The van der Waals surface area contributed by atoms with E-state index in [4.69, 9.17) is 0 Å². The predicted octanol–water partition coefficient (Wildman–Crippen LogP) is 2.81. The molecule has 24 heavy (non-hydrogen) atoms. The normalized spacial score (nSPS) is 20.4. The SMILES string of the molecule is CCCCCNC(=O)C1CCC(C(=O)NCc2ccccn2)CC1. The number of amides is 2. The minimum atomic E-state index is 0.0258. The molecule has 0 bridgehead atoms. The van der Waals surface area contributed by atoms with Gasteiger partial charge in [-0.05, 0) is 44.2 Å². The lowest BCUT2D eigenvalue weighted by Crippen LogP contribution is -2.37. The fourth-order valence-electron chi connectivity index (χ4n) is 3.17. The van der Waals surface area contributed by atoms with Crippen LogP contribution in [-0.4, -0.2) is 23.3 Å². The molecule has 0 spiro atoms. The van der Waals surface area contributed by atoms with E-state index in [1.54, 1.807) is 6.20 Å². The summed E-state index contributed by atoms with van der Waals surface area (Å²) in [6.45, 7) is 3.40. The number of unbranched alkanes of at least 4 members (excludes halogenated alkanes) is 2. The summed E-state index contributed by atoms with van der Waals surface area (Å²) in [6, 6.07) is 5.68. The molecular formula is C19H29N3O2. The number of nitrogens with one attached hydrogen (secondary N) is 2. The second-order valence-electron chi connectivity index (χ2n) is 6.59. The summed E-state index contributed by atoms with van der Waals surface area (Å²) in [5.74, 6) is 0.352. The number of nitrogens with zero attached hydrogens (tertiary/aromatic N) is 1. The van der Waals surface area contributed by atoms with Crippen molar-refractivity contribution in [2.75, 3.05) is 6.54 Å². The predicted molar refractivity (Wildman–Crippen MR) is 94.1 cm³/mol. The van der Waals surface area contributed by atoms with Crippen molar-refractivity contribution in [1.29, 1.82) is 0 Å². The van der Waals surface area contributed by atoms with Gasteiger partial charge in [-0.1, -0.05) is 25.8 Å². The Labute approximate surface area is 144 Å². The van der Waals surface area contributed by atoms with Crippen LogP contribution < -0.4 is 10.6 Å². The molecule has 0 aliphatic heterocycles. The summed E-state index contributed by atoms with van der Waals surface area (Å²) < 4.78 is 0. The molecule has 0 unspecified atom stereocenters. The van der Waals surface area contributed by atoms with E-state index in [0.717, 1.165) is 57.2 Å². The van der Waals surface area contributed by atoms with E-state index in [1.165, 1.54) is 0 Å². The molecule has 0 saturated heterocycles. The summed E-state index contributed by atoms with van der Waals surface area (Å²) in [6.07, 6.45) is 8.29. The van der Waals surface area contributed by atoms with Crippen molar-refractivity contribution in [2.45, 2.75) is 58.4 Å². The van der Waals surface area contributed by atoms with Crippen molar-refractivity contribution in [2.24, 2.45) is 11.8 Å².